The van der Waals surface area contributed by atoms with Crippen LogP contribution in [0, 0.1) is 4.91 Å². The number of aliphatic hydroxyl groups excluding tert-OH is 2. The zero-order valence-corrected chi connectivity index (χ0v) is 10.3. The van der Waals surface area contributed by atoms with Crippen LogP contribution in [-0.2, 0) is 0 Å². The molecule has 2 aromatic rings. The van der Waals surface area contributed by atoms with Crippen LogP contribution in [0.15, 0.2) is 22.5 Å². The number of hydrogen-bond donors (Lipinski definition) is 5. The molecule has 3 rings (SSSR count). The van der Waals surface area contributed by atoms with E-state index in [0.717, 1.165) is 0 Å². The Hall–Kier alpha value is -2.10. The maximum atomic E-state index is 11.6. The fourth-order valence-electron chi connectivity index (χ4n) is 2.59. The minimum Gasteiger partial charge on any atom is -0.389 e. The Kier molecular flexibility index (Phi) is 3.08. The van der Waals surface area contributed by atoms with Gasteiger partial charge in [-0.05, 0) is 0 Å². The summed E-state index contributed by atoms with van der Waals surface area (Å²) in [6.07, 6.45) is 0.605. The molecule has 0 aliphatic carbocycles. The molecule has 0 bridgehead atoms. The molecule has 0 radical (unpaired) electrons. The van der Waals surface area contributed by atoms with Gasteiger partial charge in [0.25, 0.3) is 5.56 Å². The summed E-state index contributed by atoms with van der Waals surface area (Å²) >= 11 is 0. The molecular formula is C11H13N5O4. The maximum Gasteiger partial charge on any atom is 0.275 e. The standard InChI is InChI=1S/C11H13N5O4/c17-9-5(2-15-20)16-7(10(9)18)4-1-12-8-6(4)13-3-14-11(8)19/h1,3,5,7,9-10,12,16-18H,2H2,(H,13,14,19)/t5-,7+,9-,10+/m1/s1. The van der Waals surface area contributed by atoms with Crippen LogP contribution in [0.2, 0.25) is 0 Å². The summed E-state index contributed by atoms with van der Waals surface area (Å²) in [7, 11) is 0. The lowest BCUT2D eigenvalue weighted by molar-refractivity contribution is 0.0291. The topological polar surface area (TPSA) is 143 Å². The lowest BCUT2D eigenvalue weighted by Gasteiger charge is -2.14. The molecule has 20 heavy (non-hydrogen) atoms. The molecule has 4 atom stereocenters. The van der Waals surface area contributed by atoms with Gasteiger partial charge in [0.2, 0.25) is 0 Å². The van der Waals surface area contributed by atoms with Gasteiger partial charge in [0, 0.05) is 11.8 Å². The number of aromatic amines is 2. The Labute approximate surface area is 112 Å². The van der Waals surface area contributed by atoms with E-state index in [4.69, 9.17) is 0 Å². The second-order valence-corrected chi connectivity index (χ2v) is 4.74. The molecule has 0 spiro atoms. The minimum atomic E-state index is -1.11. The second-order valence-electron chi connectivity index (χ2n) is 4.74. The summed E-state index contributed by atoms with van der Waals surface area (Å²) in [6.45, 7) is -0.148. The van der Waals surface area contributed by atoms with Crippen molar-refractivity contribution in [3.05, 3.63) is 33.3 Å². The Bertz CT molecular complexity index is 695. The zero-order valence-electron chi connectivity index (χ0n) is 10.3. The van der Waals surface area contributed by atoms with Crippen LogP contribution < -0.4 is 10.9 Å². The van der Waals surface area contributed by atoms with Crippen molar-refractivity contribution in [3.63, 3.8) is 0 Å². The van der Waals surface area contributed by atoms with E-state index in [1.807, 2.05) is 0 Å². The Balaban J connectivity index is 2.01. The van der Waals surface area contributed by atoms with Gasteiger partial charge in [0.1, 0.15) is 17.1 Å². The quantitative estimate of drug-likeness (QED) is 0.444. The molecule has 1 saturated heterocycles. The summed E-state index contributed by atoms with van der Waals surface area (Å²) in [5.74, 6) is 0. The summed E-state index contributed by atoms with van der Waals surface area (Å²) in [6, 6.07) is -1.25. The highest BCUT2D eigenvalue weighted by Gasteiger charge is 2.42. The summed E-state index contributed by atoms with van der Waals surface area (Å²) in [5, 5.41) is 25.6. The molecule has 106 valence electrons. The van der Waals surface area contributed by atoms with Gasteiger partial charge in [-0.15, -0.1) is 0 Å². The normalized spacial score (nSPS) is 29.9. The molecule has 0 saturated carbocycles. The van der Waals surface area contributed by atoms with E-state index in [-0.39, 0.29) is 12.1 Å². The Morgan fingerprint density at radius 1 is 1.30 bits per heavy atom. The Morgan fingerprint density at radius 3 is 2.85 bits per heavy atom. The van der Waals surface area contributed by atoms with Gasteiger partial charge in [0.15, 0.2) is 0 Å². The van der Waals surface area contributed by atoms with Crippen molar-refractivity contribution >= 4 is 11.0 Å². The van der Waals surface area contributed by atoms with Crippen LogP contribution in [-0.4, -0.2) is 50.0 Å². The van der Waals surface area contributed by atoms with Gasteiger partial charge in [-0.2, -0.15) is 4.91 Å². The third kappa shape index (κ3) is 1.83. The number of nitrogens with one attached hydrogen (secondary N) is 3. The van der Waals surface area contributed by atoms with Gasteiger partial charge in [-0.1, -0.05) is 5.18 Å². The van der Waals surface area contributed by atoms with Crippen molar-refractivity contribution in [1.29, 1.82) is 0 Å². The Morgan fingerprint density at radius 2 is 2.10 bits per heavy atom. The molecule has 9 nitrogen and oxygen atoms in total. The third-order valence-electron chi connectivity index (χ3n) is 3.60. The second kappa shape index (κ2) is 4.78. The molecule has 2 aromatic heterocycles. The highest BCUT2D eigenvalue weighted by atomic mass is 16.3. The van der Waals surface area contributed by atoms with Crippen LogP contribution in [0.5, 0.6) is 0 Å². The van der Waals surface area contributed by atoms with E-state index >= 15 is 0 Å². The average Bonchev–Trinajstić information content (AvgIpc) is 2.97. The van der Waals surface area contributed by atoms with Gasteiger partial charge < -0.3 is 25.5 Å². The monoisotopic (exact) mass is 279 g/mol. The molecular weight excluding hydrogens is 266 g/mol. The fraction of sp³-hybridized carbons (Fsp3) is 0.455. The number of nitrogens with zero attached hydrogens (tertiary/aromatic N) is 2. The van der Waals surface area contributed by atoms with Crippen molar-refractivity contribution in [2.75, 3.05) is 6.54 Å². The van der Waals surface area contributed by atoms with Crippen molar-refractivity contribution in [1.82, 2.24) is 20.3 Å². The predicted molar refractivity (Wildman–Crippen MR) is 69.1 cm³/mol. The lowest BCUT2D eigenvalue weighted by atomic mass is 10.0. The van der Waals surface area contributed by atoms with Crippen molar-refractivity contribution < 1.29 is 10.2 Å². The van der Waals surface area contributed by atoms with E-state index < -0.39 is 24.3 Å². The lowest BCUT2D eigenvalue weighted by Crippen LogP contribution is -2.35. The van der Waals surface area contributed by atoms with E-state index in [9.17, 15) is 19.9 Å². The molecule has 0 amide bonds. The SMILES string of the molecule is O=NC[C@H]1N[C@@H](c2c[nH]c3c(=O)[nH]cnc23)[C@H](O)[C@@H]1O. The molecule has 0 unspecified atom stereocenters. The first kappa shape index (κ1) is 12.9. The first-order valence-electron chi connectivity index (χ1n) is 6.09. The number of nitroso groups, excluding NO2 is 1. The van der Waals surface area contributed by atoms with Gasteiger partial charge in [-0.3, -0.25) is 4.79 Å². The van der Waals surface area contributed by atoms with E-state index in [1.54, 1.807) is 6.20 Å². The third-order valence-corrected chi connectivity index (χ3v) is 3.60. The predicted octanol–water partition coefficient (Wildman–Crippen LogP) is -1.25. The van der Waals surface area contributed by atoms with Gasteiger partial charge >= 0.3 is 0 Å². The first-order chi connectivity index (χ1) is 9.63. The fourth-order valence-corrected chi connectivity index (χ4v) is 2.59. The number of fused-ring (bicyclic) bond motifs is 1. The molecule has 3 heterocycles. The molecule has 1 aliphatic heterocycles. The van der Waals surface area contributed by atoms with Crippen molar-refractivity contribution in [2.24, 2.45) is 5.18 Å². The van der Waals surface area contributed by atoms with Crippen molar-refractivity contribution in [3.8, 4) is 0 Å². The number of H-pyrrole nitrogens is 2. The van der Waals surface area contributed by atoms with Crippen LogP contribution in [0.4, 0.5) is 0 Å². The van der Waals surface area contributed by atoms with E-state index in [2.05, 4.69) is 25.4 Å². The molecule has 5 N–H and O–H groups in total. The van der Waals surface area contributed by atoms with Crippen LogP contribution in [0.1, 0.15) is 11.6 Å². The smallest absolute Gasteiger partial charge is 0.275 e. The van der Waals surface area contributed by atoms with E-state index in [1.165, 1.54) is 6.33 Å². The maximum absolute atomic E-state index is 11.6. The summed E-state index contributed by atoms with van der Waals surface area (Å²) in [4.78, 5) is 31.2. The number of rotatable bonds is 3. The van der Waals surface area contributed by atoms with Crippen LogP contribution >= 0.6 is 0 Å². The molecule has 9 heteroatoms. The zero-order chi connectivity index (χ0) is 14.3. The number of aromatic nitrogens is 3. The summed E-state index contributed by atoms with van der Waals surface area (Å²) in [5.41, 5.74) is 0.951. The van der Waals surface area contributed by atoms with Crippen LogP contribution in [0.3, 0.4) is 0 Å². The minimum absolute atomic E-state index is 0.148. The number of aliphatic hydroxyl groups is 2. The van der Waals surface area contributed by atoms with Gasteiger partial charge in [-0.25, -0.2) is 4.98 Å². The highest BCUT2D eigenvalue weighted by Crippen LogP contribution is 2.30. The largest absolute Gasteiger partial charge is 0.389 e. The van der Waals surface area contributed by atoms with Crippen molar-refractivity contribution in [2.45, 2.75) is 24.3 Å². The molecule has 0 aromatic carbocycles. The molecule has 1 aliphatic rings. The van der Waals surface area contributed by atoms with Crippen LogP contribution in [0.25, 0.3) is 11.0 Å². The average molecular weight is 279 g/mol. The van der Waals surface area contributed by atoms with E-state index in [0.29, 0.717) is 16.6 Å². The highest BCUT2D eigenvalue weighted by molar-refractivity contribution is 5.78. The molecule has 1 fully saturated rings. The first-order valence-corrected chi connectivity index (χ1v) is 6.09. The van der Waals surface area contributed by atoms with Gasteiger partial charge in [0.05, 0.1) is 31.1 Å². The summed E-state index contributed by atoms with van der Waals surface area (Å²) < 4.78 is 0. The number of hydrogen-bond acceptors (Lipinski definition) is 7.